The highest BCUT2D eigenvalue weighted by molar-refractivity contribution is 5.27. The van der Waals surface area contributed by atoms with E-state index in [0.717, 1.165) is 12.8 Å². The van der Waals surface area contributed by atoms with Crippen molar-refractivity contribution in [1.29, 1.82) is 0 Å². The average Bonchev–Trinajstić information content (AvgIpc) is 2.45. The topological polar surface area (TPSA) is 0 Å². The van der Waals surface area contributed by atoms with Crippen LogP contribution < -0.4 is 0 Å². The quantitative estimate of drug-likeness (QED) is 0.505. The van der Waals surface area contributed by atoms with Crippen LogP contribution in [0.25, 0.3) is 0 Å². The van der Waals surface area contributed by atoms with Crippen molar-refractivity contribution in [3.63, 3.8) is 0 Å². The van der Waals surface area contributed by atoms with Crippen molar-refractivity contribution in [2.75, 3.05) is 0 Å². The Balaban J connectivity index is 2.58. The summed E-state index contributed by atoms with van der Waals surface area (Å²) in [5.74, 6) is 0. The van der Waals surface area contributed by atoms with Gasteiger partial charge in [0.25, 0.3) is 0 Å². The highest BCUT2D eigenvalue weighted by atomic mass is 14.0. The summed E-state index contributed by atoms with van der Waals surface area (Å²) < 4.78 is 0. The standard InChI is InChI=1S/C19H26/c1-4-10-18(14-9-11-17(3)5-2)15-16-19-12-7-6-8-13-19/h4-7,9-12,15H,8,13-14,16H2,1-3H3/b10-4-,11-9-,17-5-,18-15+. The van der Waals surface area contributed by atoms with E-state index >= 15 is 0 Å². The van der Waals surface area contributed by atoms with Gasteiger partial charge in [-0.05, 0) is 52.0 Å². The molecule has 0 unspecified atom stereocenters. The van der Waals surface area contributed by atoms with Crippen LogP contribution in [-0.4, -0.2) is 0 Å². The predicted molar refractivity (Wildman–Crippen MR) is 87.2 cm³/mol. The molecule has 0 aromatic heterocycles. The molecule has 0 amide bonds. The molecule has 19 heavy (non-hydrogen) atoms. The Kier molecular flexibility index (Phi) is 7.65. The smallest absolute Gasteiger partial charge is 0.00974 e. The Labute approximate surface area is 118 Å². The van der Waals surface area contributed by atoms with Crippen LogP contribution in [0.2, 0.25) is 0 Å². The molecule has 0 radical (unpaired) electrons. The lowest BCUT2D eigenvalue weighted by atomic mass is 10.00. The third-order valence-electron chi connectivity index (χ3n) is 3.30. The first kappa shape index (κ1) is 15.5. The molecular formula is C19H26. The zero-order valence-electron chi connectivity index (χ0n) is 12.5. The Morgan fingerprint density at radius 3 is 2.74 bits per heavy atom. The van der Waals surface area contributed by atoms with Gasteiger partial charge in [-0.2, -0.15) is 0 Å². The zero-order chi connectivity index (χ0) is 13.9. The summed E-state index contributed by atoms with van der Waals surface area (Å²) in [4.78, 5) is 0. The Hall–Kier alpha value is -1.56. The normalized spacial score (nSPS) is 17.5. The van der Waals surface area contributed by atoms with E-state index in [-0.39, 0.29) is 0 Å². The van der Waals surface area contributed by atoms with E-state index in [9.17, 15) is 0 Å². The van der Waals surface area contributed by atoms with Crippen molar-refractivity contribution in [2.24, 2.45) is 0 Å². The van der Waals surface area contributed by atoms with E-state index < -0.39 is 0 Å². The van der Waals surface area contributed by atoms with Crippen molar-refractivity contribution in [3.8, 4) is 0 Å². The highest BCUT2D eigenvalue weighted by Crippen LogP contribution is 2.18. The largest absolute Gasteiger partial charge is 0.0874 e. The summed E-state index contributed by atoms with van der Waals surface area (Å²) in [6, 6.07) is 0. The fourth-order valence-electron chi connectivity index (χ4n) is 2.00. The molecule has 0 N–H and O–H groups in total. The van der Waals surface area contributed by atoms with Gasteiger partial charge in [0.05, 0.1) is 0 Å². The molecule has 0 bridgehead atoms. The van der Waals surface area contributed by atoms with Crippen LogP contribution in [-0.2, 0) is 0 Å². The van der Waals surface area contributed by atoms with Gasteiger partial charge >= 0.3 is 0 Å². The summed E-state index contributed by atoms with van der Waals surface area (Å²) in [7, 11) is 0. The second-order valence-corrected chi connectivity index (χ2v) is 4.91. The van der Waals surface area contributed by atoms with Gasteiger partial charge in [0, 0.05) is 0 Å². The number of allylic oxidation sites excluding steroid dienone is 12. The lowest BCUT2D eigenvalue weighted by Gasteiger charge is -2.06. The van der Waals surface area contributed by atoms with Crippen LogP contribution in [0.15, 0.2) is 71.4 Å². The monoisotopic (exact) mass is 254 g/mol. The summed E-state index contributed by atoms with van der Waals surface area (Å²) in [5.41, 5.74) is 4.26. The average molecular weight is 254 g/mol. The molecule has 0 nitrogen and oxygen atoms in total. The van der Waals surface area contributed by atoms with Crippen LogP contribution in [0.4, 0.5) is 0 Å². The Morgan fingerprint density at radius 1 is 1.26 bits per heavy atom. The van der Waals surface area contributed by atoms with Gasteiger partial charge in [0.15, 0.2) is 0 Å². The molecule has 1 rings (SSSR count). The molecule has 0 atom stereocenters. The minimum atomic E-state index is 1.01. The van der Waals surface area contributed by atoms with Crippen molar-refractivity contribution in [2.45, 2.75) is 46.5 Å². The minimum Gasteiger partial charge on any atom is -0.0874 e. The third-order valence-corrected chi connectivity index (χ3v) is 3.30. The molecule has 0 aromatic carbocycles. The lowest BCUT2D eigenvalue weighted by Crippen LogP contribution is -1.87. The van der Waals surface area contributed by atoms with Crippen molar-refractivity contribution in [1.82, 2.24) is 0 Å². The first-order valence-corrected chi connectivity index (χ1v) is 7.22. The van der Waals surface area contributed by atoms with Crippen molar-refractivity contribution < 1.29 is 0 Å². The molecule has 0 aliphatic heterocycles. The van der Waals surface area contributed by atoms with Gasteiger partial charge in [-0.3, -0.25) is 0 Å². The van der Waals surface area contributed by atoms with Gasteiger partial charge in [-0.25, -0.2) is 0 Å². The molecule has 0 heterocycles. The summed E-state index contributed by atoms with van der Waals surface area (Å²) in [6.45, 7) is 6.29. The van der Waals surface area contributed by atoms with Crippen LogP contribution >= 0.6 is 0 Å². The van der Waals surface area contributed by atoms with E-state index in [0.29, 0.717) is 0 Å². The lowest BCUT2D eigenvalue weighted by molar-refractivity contribution is 0.921. The van der Waals surface area contributed by atoms with Gasteiger partial charge in [0.2, 0.25) is 0 Å². The van der Waals surface area contributed by atoms with Crippen molar-refractivity contribution >= 4 is 0 Å². The first-order valence-electron chi connectivity index (χ1n) is 7.22. The van der Waals surface area contributed by atoms with E-state index in [1.807, 2.05) is 0 Å². The Bertz CT molecular complexity index is 437. The number of rotatable bonds is 6. The van der Waals surface area contributed by atoms with Gasteiger partial charge in [-0.15, -0.1) is 0 Å². The molecule has 0 fully saturated rings. The maximum absolute atomic E-state index is 2.36. The van der Waals surface area contributed by atoms with E-state index in [1.54, 1.807) is 0 Å². The highest BCUT2D eigenvalue weighted by Gasteiger charge is 1.98. The fourth-order valence-corrected chi connectivity index (χ4v) is 2.00. The van der Waals surface area contributed by atoms with Gasteiger partial charge in [0.1, 0.15) is 0 Å². The van der Waals surface area contributed by atoms with Crippen LogP contribution in [0, 0.1) is 0 Å². The molecule has 0 saturated carbocycles. The third kappa shape index (κ3) is 6.81. The Morgan fingerprint density at radius 2 is 2.11 bits per heavy atom. The SMILES string of the molecule is C/C=C\C(=C/CC1=CC=CCC1)C/C=C\C(C)=C/C. The molecular weight excluding hydrogens is 228 g/mol. The fraction of sp³-hybridized carbons (Fsp3) is 0.368. The van der Waals surface area contributed by atoms with Gasteiger partial charge < -0.3 is 0 Å². The molecule has 0 heteroatoms. The number of hydrogen-bond donors (Lipinski definition) is 0. The molecule has 1 aliphatic carbocycles. The van der Waals surface area contributed by atoms with Crippen LogP contribution in [0.1, 0.15) is 46.5 Å². The molecule has 0 aromatic rings. The van der Waals surface area contributed by atoms with Crippen molar-refractivity contribution in [3.05, 3.63) is 71.4 Å². The maximum Gasteiger partial charge on any atom is -0.00974 e. The molecule has 0 saturated heterocycles. The molecule has 0 spiro atoms. The summed E-state index contributed by atoms with van der Waals surface area (Å²) in [6.07, 6.45) is 24.5. The zero-order valence-corrected chi connectivity index (χ0v) is 12.5. The van der Waals surface area contributed by atoms with E-state index in [1.165, 1.54) is 29.6 Å². The van der Waals surface area contributed by atoms with Gasteiger partial charge in [-0.1, -0.05) is 65.8 Å². The summed E-state index contributed by atoms with van der Waals surface area (Å²) >= 11 is 0. The summed E-state index contributed by atoms with van der Waals surface area (Å²) in [5, 5.41) is 0. The maximum atomic E-state index is 2.36. The van der Waals surface area contributed by atoms with Crippen LogP contribution in [0.3, 0.4) is 0 Å². The van der Waals surface area contributed by atoms with E-state index in [2.05, 4.69) is 75.5 Å². The predicted octanol–water partition coefficient (Wildman–Crippen LogP) is 6.07. The number of hydrogen-bond acceptors (Lipinski definition) is 0. The molecule has 1 aliphatic rings. The van der Waals surface area contributed by atoms with E-state index in [4.69, 9.17) is 0 Å². The first-order chi connectivity index (χ1) is 9.26. The second kappa shape index (κ2) is 9.38. The second-order valence-electron chi connectivity index (χ2n) is 4.91. The van der Waals surface area contributed by atoms with Crippen LogP contribution in [0.5, 0.6) is 0 Å². The molecule has 102 valence electrons. The minimum absolute atomic E-state index is 1.01.